The summed E-state index contributed by atoms with van der Waals surface area (Å²) in [5.41, 5.74) is 2.90. The van der Waals surface area contributed by atoms with E-state index in [2.05, 4.69) is 5.10 Å². The maximum Gasteiger partial charge on any atom is 0.235 e. The fraction of sp³-hybridized carbons (Fsp3) is 0.429. The van der Waals surface area contributed by atoms with Crippen molar-refractivity contribution in [2.75, 3.05) is 0 Å². The van der Waals surface area contributed by atoms with Crippen LogP contribution in [0.1, 0.15) is 12.1 Å². The Morgan fingerprint density at radius 1 is 1.85 bits per heavy atom. The topological polar surface area (TPSA) is 72.9 Å². The Kier molecular flexibility index (Phi) is 3.27. The highest BCUT2D eigenvalue weighted by Crippen LogP contribution is 2.13. The predicted octanol–water partition coefficient (Wildman–Crippen LogP) is 0.225. The normalized spacial score (nSPS) is 10.1. The summed E-state index contributed by atoms with van der Waals surface area (Å²) in [5, 5.41) is 4.59. The Morgan fingerprint density at radius 2 is 2.54 bits per heavy atom. The van der Waals surface area contributed by atoms with Crippen LogP contribution in [0.15, 0.2) is 6.20 Å². The molecule has 0 spiro atoms. The number of carbonyl (C=O) groups excluding carboxylic acids is 1. The van der Waals surface area contributed by atoms with E-state index in [9.17, 15) is 4.79 Å². The first-order valence-electron chi connectivity index (χ1n) is 3.82. The molecule has 13 heavy (non-hydrogen) atoms. The second-order valence-electron chi connectivity index (χ2n) is 2.62. The van der Waals surface area contributed by atoms with E-state index in [-0.39, 0.29) is 5.91 Å². The smallest absolute Gasteiger partial charge is 0.235 e. The molecule has 1 aromatic rings. The molecule has 0 aromatic carbocycles. The standard InChI is InChI=1S/C7H11ClN4O/c1-5-6(8)4-10-12(5)3-2-7(13)11-9/h4H,2-3,9H2,1H3,(H,11,13). The first-order chi connectivity index (χ1) is 6.15. The van der Waals surface area contributed by atoms with Gasteiger partial charge in [0.15, 0.2) is 0 Å². The van der Waals surface area contributed by atoms with Gasteiger partial charge in [-0.15, -0.1) is 0 Å². The van der Waals surface area contributed by atoms with Gasteiger partial charge in [-0.05, 0) is 6.92 Å². The summed E-state index contributed by atoms with van der Waals surface area (Å²) in [5.74, 6) is 4.71. The summed E-state index contributed by atoms with van der Waals surface area (Å²) in [6.07, 6.45) is 1.85. The molecule has 0 fully saturated rings. The maximum atomic E-state index is 10.8. The molecule has 1 heterocycles. The zero-order chi connectivity index (χ0) is 9.84. The lowest BCUT2D eigenvalue weighted by atomic mass is 10.4. The third-order valence-corrected chi connectivity index (χ3v) is 2.13. The van der Waals surface area contributed by atoms with E-state index < -0.39 is 0 Å². The van der Waals surface area contributed by atoms with Crippen molar-refractivity contribution in [3.8, 4) is 0 Å². The number of aromatic nitrogens is 2. The molecule has 72 valence electrons. The highest BCUT2D eigenvalue weighted by molar-refractivity contribution is 6.31. The number of hydrogen-bond donors (Lipinski definition) is 2. The van der Waals surface area contributed by atoms with Crippen LogP contribution in [0.5, 0.6) is 0 Å². The van der Waals surface area contributed by atoms with Crippen molar-refractivity contribution in [2.45, 2.75) is 19.9 Å². The minimum atomic E-state index is -0.217. The number of hydrazine groups is 1. The Balaban J connectivity index is 2.55. The number of nitrogens with two attached hydrogens (primary N) is 1. The number of nitrogens with zero attached hydrogens (tertiary/aromatic N) is 2. The number of rotatable bonds is 3. The van der Waals surface area contributed by atoms with E-state index >= 15 is 0 Å². The van der Waals surface area contributed by atoms with E-state index in [1.54, 1.807) is 10.9 Å². The van der Waals surface area contributed by atoms with E-state index in [1.807, 2.05) is 12.3 Å². The molecule has 6 heteroatoms. The summed E-state index contributed by atoms with van der Waals surface area (Å²) >= 11 is 5.77. The SMILES string of the molecule is Cc1c(Cl)cnn1CCC(=O)NN. The molecule has 3 N–H and O–H groups in total. The van der Waals surface area contributed by atoms with Crippen LogP contribution in [0.4, 0.5) is 0 Å². The maximum absolute atomic E-state index is 10.8. The lowest BCUT2D eigenvalue weighted by Crippen LogP contribution is -2.30. The molecule has 0 aliphatic carbocycles. The third kappa shape index (κ3) is 2.43. The van der Waals surface area contributed by atoms with Crippen molar-refractivity contribution >= 4 is 17.5 Å². The fourth-order valence-electron chi connectivity index (χ4n) is 0.929. The summed E-state index contributed by atoms with van der Waals surface area (Å²) < 4.78 is 1.66. The van der Waals surface area contributed by atoms with E-state index in [0.717, 1.165) is 5.69 Å². The molecule has 1 rings (SSSR count). The van der Waals surface area contributed by atoms with Crippen molar-refractivity contribution in [3.63, 3.8) is 0 Å². The molecular weight excluding hydrogens is 192 g/mol. The predicted molar refractivity (Wildman–Crippen MR) is 48.9 cm³/mol. The Hall–Kier alpha value is -1.07. The molecule has 0 radical (unpaired) electrons. The lowest BCUT2D eigenvalue weighted by Gasteiger charge is -2.02. The van der Waals surface area contributed by atoms with Gasteiger partial charge in [0.1, 0.15) is 0 Å². The first kappa shape index (κ1) is 10.0. The minimum absolute atomic E-state index is 0.217. The van der Waals surface area contributed by atoms with Crippen molar-refractivity contribution in [3.05, 3.63) is 16.9 Å². The monoisotopic (exact) mass is 202 g/mol. The summed E-state index contributed by atoms with van der Waals surface area (Å²) in [6.45, 7) is 2.33. The number of nitrogens with one attached hydrogen (secondary N) is 1. The number of carbonyl (C=O) groups is 1. The molecule has 1 aromatic heterocycles. The summed E-state index contributed by atoms with van der Waals surface area (Å²) in [4.78, 5) is 10.8. The lowest BCUT2D eigenvalue weighted by molar-refractivity contribution is -0.121. The second kappa shape index (κ2) is 4.25. The molecule has 0 aliphatic rings. The molecule has 0 unspecified atom stereocenters. The Bertz CT molecular complexity index is 309. The van der Waals surface area contributed by atoms with E-state index in [4.69, 9.17) is 17.4 Å². The van der Waals surface area contributed by atoms with Crippen LogP contribution in [-0.4, -0.2) is 15.7 Å². The van der Waals surface area contributed by atoms with Crippen LogP contribution in [0.3, 0.4) is 0 Å². The van der Waals surface area contributed by atoms with E-state index in [1.165, 1.54) is 0 Å². The minimum Gasteiger partial charge on any atom is -0.294 e. The highest BCUT2D eigenvalue weighted by Gasteiger charge is 2.05. The third-order valence-electron chi connectivity index (χ3n) is 1.75. The molecule has 0 aliphatic heterocycles. The van der Waals surface area contributed by atoms with Gasteiger partial charge in [0.25, 0.3) is 0 Å². The zero-order valence-corrected chi connectivity index (χ0v) is 8.01. The van der Waals surface area contributed by atoms with Crippen LogP contribution in [0, 0.1) is 6.92 Å². The quantitative estimate of drug-likeness (QED) is 0.419. The fourth-order valence-corrected chi connectivity index (χ4v) is 1.07. The van der Waals surface area contributed by atoms with Crippen molar-refractivity contribution in [1.29, 1.82) is 0 Å². The largest absolute Gasteiger partial charge is 0.294 e. The van der Waals surface area contributed by atoms with Crippen molar-refractivity contribution in [1.82, 2.24) is 15.2 Å². The average molecular weight is 203 g/mol. The number of amides is 1. The van der Waals surface area contributed by atoms with Gasteiger partial charge in [-0.1, -0.05) is 11.6 Å². The van der Waals surface area contributed by atoms with Crippen LogP contribution in [-0.2, 0) is 11.3 Å². The van der Waals surface area contributed by atoms with Gasteiger partial charge < -0.3 is 0 Å². The molecule has 0 bridgehead atoms. The molecular formula is C7H11ClN4O. The molecule has 1 amide bonds. The van der Waals surface area contributed by atoms with Crippen molar-refractivity contribution in [2.24, 2.45) is 5.84 Å². The molecule has 0 saturated heterocycles. The number of halogens is 1. The number of aryl methyl sites for hydroxylation is 1. The van der Waals surface area contributed by atoms with Crippen LogP contribution in [0.2, 0.25) is 5.02 Å². The van der Waals surface area contributed by atoms with E-state index in [0.29, 0.717) is 18.0 Å². The van der Waals surface area contributed by atoms with Gasteiger partial charge in [0.05, 0.1) is 23.5 Å². The van der Waals surface area contributed by atoms with Crippen LogP contribution >= 0.6 is 11.6 Å². The van der Waals surface area contributed by atoms with Crippen molar-refractivity contribution < 1.29 is 4.79 Å². The molecule has 0 saturated carbocycles. The van der Waals surface area contributed by atoms with Gasteiger partial charge in [-0.3, -0.25) is 14.9 Å². The Morgan fingerprint density at radius 3 is 3.00 bits per heavy atom. The Labute approximate surface area is 80.8 Å². The summed E-state index contributed by atoms with van der Waals surface area (Å²) in [7, 11) is 0. The highest BCUT2D eigenvalue weighted by atomic mass is 35.5. The molecule has 0 atom stereocenters. The molecule has 5 nitrogen and oxygen atoms in total. The second-order valence-corrected chi connectivity index (χ2v) is 3.03. The zero-order valence-electron chi connectivity index (χ0n) is 7.25. The van der Waals surface area contributed by atoms with Crippen LogP contribution < -0.4 is 11.3 Å². The summed E-state index contributed by atoms with van der Waals surface area (Å²) in [6, 6.07) is 0. The van der Waals surface area contributed by atoms with Gasteiger partial charge in [0.2, 0.25) is 5.91 Å². The van der Waals surface area contributed by atoms with Gasteiger partial charge in [0, 0.05) is 6.42 Å². The van der Waals surface area contributed by atoms with Gasteiger partial charge in [-0.25, -0.2) is 5.84 Å². The van der Waals surface area contributed by atoms with Gasteiger partial charge >= 0.3 is 0 Å². The first-order valence-corrected chi connectivity index (χ1v) is 4.20. The van der Waals surface area contributed by atoms with Crippen LogP contribution in [0.25, 0.3) is 0 Å². The number of hydrogen-bond acceptors (Lipinski definition) is 3. The average Bonchev–Trinajstić information content (AvgIpc) is 2.44. The van der Waals surface area contributed by atoms with Gasteiger partial charge in [-0.2, -0.15) is 5.10 Å².